The van der Waals surface area contributed by atoms with E-state index >= 15 is 0 Å². The van der Waals surface area contributed by atoms with Crippen LogP contribution >= 0.6 is 0 Å². The number of aliphatic hydroxyl groups is 3. The molecule has 5 heteroatoms. The zero-order chi connectivity index (χ0) is 32.5. The standard InChI is InChI=1S/C39H72O5/c1-3-5-7-9-11-13-15-17-19-21-23-25-27-29-31-33-35(40)37(42)39(44)38(43)36(41)34-32-30-28-26-24-22-20-18-16-14-12-10-8-6-4-2/h17-20,37-39,42-44H,3-16,21-34H2,1-2H3. The Morgan fingerprint density at radius 3 is 0.955 bits per heavy atom. The van der Waals surface area contributed by atoms with Gasteiger partial charge in [0.05, 0.1) is 0 Å². The van der Waals surface area contributed by atoms with Gasteiger partial charge in [-0.15, -0.1) is 0 Å². The lowest BCUT2D eigenvalue weighted by Crippen LogP contribution is -2.45. The van der Waals surface area contributed by atoms with E-state index in [0.717, 1.165) is 64.2 Å². The molecule has 0 amide bonds. The maximum Gasteiger partial charge on any atom is 0.164 e. The highest BCUT2D eigenvalue weighted by atomic mass is 16.4. The van der Waals surface area contributed by atoms with Gasteiger partial charge in [-0.25, -0.2) is 0 Å². The maximum absolute atomic E-state index is 12.3. The van der Waals surface area contributed by atoms with Gasteiger partial charge in [0, 0.05) is 12.8 Å². The normalized spacial score (nSPS) is 14.0. The van der Waals surface area contributed by atoms with Gasteiger partial charge in [0.15, 0.2) is 11.6 Å². The van der Waals surface area contributed by atoms with Crippen molar-refractivity contribution in [1.82, 2.24) is 0 Å². The molecule has 0 fully saturated rings. The second kappa shape index (κ2) is 33.1. The molecule has 44 heavy (non-hydrogen) atoms. The van der Waals surface area contributed by atoms with Gasteiger partial charge in [0.1, 0.15) is 18.3 Å². The number of unbranched alkanes of at least 4 members (excludes halogenated alkanes) is 22. The van der Waals surface area contributed by atoms with Crippen molar-refractivity contribution in [2.75, 3.05) is 0 Å². The monoisotopic (exact) mass is 621 g/mol. The summed E-state index contributed by atoms with van der Waals surface area (Å²) in [6.07, 6.45) is 34.6. The molecule has 3 N–H and O–H groups in total. The fourth-order valence-electron chi connectivity index (χ4n) is 5.59. The molecule has 258 valence electrons. The predicted octanol–water partition coefficient (Wildman–Crippen LogP) is 10.3. The molecule has 0 aliphatic rings. The van der Waals surface area contributed by atoms with E-state index in [1.807, 2.05) is 0 Å². The molecule has 0 saturated carbocycles. The minimum Gasteiger partial charge on any atom is -0.387 e. The number of rotatable bonds is 34. The Hall–Kier alpha value is -1.30. The van der Waals surface area contributed by atoms with E-state index in [-0.39, 0.29) is 12.8 Å². The zero-order valence-electron chi connectivity index (χ0n) is 29.0. The van der Waals surface area contributed by atoms with Gasteiger partial charge in [-0.05, 0) is 64.2 Å². The van der Waals surface area contributed by atoms with Crippen LogP contribution in [-0.4, -0.2) is 45.2 Å². The first-order valence-corrected chi connectivity index (χ1v) is 18.8. The van der Waals surface area contributed by atoms with Crippen LogP contribution in [0.25, 0.3) is 0 Å². The van der Waals surface area contributed by atoms with Gasteiger partial charge < -0.3 is 15.3 Å². The minimum absolute atomic E-state index is 0.158. The van der Waals surface area contributed by atoms with Crippen LogP contribution in [0.15, 0.2) is 24.3 Å². The van der Waals surface area contributed by atoms with Gasteiger partial charge in [0.25, 0.3) is 0 Å². The summed E-state index contributed by atoms with van der Waals surface area (Å²) in [6, 6.07) is 0. The molecule has 0 aliphatic heterocycles. The summed E-state index contributed by atoms with van der Waals surface area (Å²) in [7, 11) is 0. The molecule has 0 spiro atoms. The van der Waals surface area contributed by atoms with Gasteiger partial charge in [0.2, 0.25) is 0 Å². The third-order valence-electron chi connectivity index (χ3n) is 8.68. The molecule has 0 aromatic heterocycles. The van der Waals surface area contributed by atoms with E-state index in [1.165, 1.54) is 89.9 Å². The Morgan fingerprint density at radius 2 is 0.659 bits per heavy atom. The Balaban J connectivity index is 3.74. The van der Waals surface area contributed by atoms with Crippen molar-refractivity contribution < 1.29 is 24.9 Å². The van der Waals surface area contributed by atoms with Crippen LogP contribution in [0.4, 0.5) is 0 Å². The van der Waals surface area contributed by atoms with Crippen molar-refractivity contribution in [2.45, 2.75) is 212 Å². The number of hydrogen-bond donors (Lipinski definition) is 3. The van der Waals surface area contributed by atoms with Crippen LogP contribution < -0.4 is 0 Å². The molecule has 0 rings (SSSR count). The van der Waals surface area contributed by atoms with Crippen molar-refractivity contribution in [3.8, 4) is 0 Å². The molecule has 2 unspecified atom stereocenters. The first-order chi connectivity index (χ1) is 21.5. The lowest BCUT2D eigenvalue weighted by molar-refractivity contribution is -0.146. The highest BCUT2D eigenvalue weighted by Crippen LogP contribution is 2.15. The van der Waals surface area contributed by atoms with Crippen LogP contribution in [-0.2, 0) is 9.59 Å². The van der Waals surface area contributed by atoms with Gasteiger partial charge in [-0.2, -0.15) is 0 Å². The SMILES string of the molecule is CCCCCCCCC=CCCCCCCCC(=O)C(O)C(O)C(O)C(=O)CCCCCCCC=CCCCCCCCC. The summed E-state index contributed by atoms with van der Waals surface area (Å²) in [6.45, 7) is 4.49. The average molecular weight is 621 g/mol. The number of carbonyl (C=O) groups is 2. The molecular weight excluding hydrogens is 548 g/mol. The van der Waals surface area contributed by atoms with Gasteiger partial charge in [-0.3, -0.25) is 9.59 Å². The molecule has 0 bridgehead atoms. The highest BCUT2D eigenvalue weighted by Gasteiger charge is 2.33. The van der Waals surface area contributed by atoms with Gasteiger partial charge >= 0.3 is 0 Å². The Bertz CT molecular complexity index is 643. The van der Waals surface area contributed by atoms with E-state index in [0.29, 0.717) is 12.8 Å². The molecule has 0 saturated heterocycles. The third kappa shape index (κ3) is 27.0. The van der Waals surface area contributed by atoms with Crippen molar-refractivity contribution in [3.63, 3.8) is 0 Å². The Kier molecular flexibility index (Phi) is 32.1. The largest absolute Gasteiger partial charge is 0.387 e. The molecule has 0 aliphatic carbocycles. The van der Waals surface area contributed by atoms with Crippen LogP contribution in [0.5, 0.6) is 0 Å². The topological polar surface area (TPSA) is 94.8 Å². The average Bonchev–Trinajstić information content (AvgIpc) is 3.03. The van der Waals surface area contributed by atoms with Crippen LogP contribution in [0.1, 0.15) is 194 Å². The van der Waals surface area contributed by atoms with Gasteiger partial charge in [-0.1, -0.05) is 141 Å². The van der Waals surface area contributed by atoms with E-state index in [2.05, 4.69) is 38.2 Å². The number of aliphatic hydroxyl groups excluding tert-OH is 3. The number of Topliss-reactive ketones (excluding diaryl/α,β-unsaturated/α-hetero) is 2. The van der Waals surface area contributed by atoms with E-state index in [4.69, 9.17) is 0 Å². The second-order valence-corrected chi connectivity index (χ2v) is 13.0. The van der Waals surface area contributed by atoms with Crippen molar-refractivity contribution >= 4 is 11.6 Å². The smallest absolute Gasteiger partial charge is 0.164 e. The molecule has 0 aromatic carbocycles. The Morgan fingerprint density at radius 1 is 0.409 bits per heavy atom. The number of ketones is 2. The number of allylic oxidation sites excluding steroid dienone is 4. The Labute approximate surface area is 272 Å². The second-order valence-electron chi connectivity index (χ2n) is 13.0. The molecule has 5 nitrogen and oxygen atoms in total. The van der Waals surface area contributed by atoms with E-state index < -0.39 is 29.9 Å². The summed E-state index contributed by atoms with van der Waals surface area (Å²) in [4.78, 5) is 24.6. The molecular formula is C39H72O5. The van der Waals surface area contributed by atoms with Crippen molar-refractivity contribution in [2.24, 2.45) is 0 Å². The first-order valence-electron chi connectivity index (χ1n) is 18.8. The summed E-state index contributed by atoms with van der Waals surface area (Å²) in [5, 5.41) is 30.6. The van der Waals surface area contributed by atoms with Crippen molar-refractivity contribution in [1.29, 1.82) is 0 Å². The highest BCUT2D eigenvalue weighted by molar-refractivity contribution is 5.87. The van der Waals surface area contributed by atoms with Crippen LogP contribution in [0.2, 0.25) is 0 Å². The van der Waals surface area contributed by atoms with Crippen LogP contribution in [0.3, 0.4) is 0 Å². The quantitative estimate of drug-likeness (QED) is 0.0491. The molecule has 0 radical (unpaired) electrons. The molecule has 0 aromatic rings. The zero-order valence-corrected chi connectivity index (χ0v) is 29.0. The fourth-order valence-corrected chi connectivity index (χ4v) is 5.59. The lowest BCUT2D eigenvalue weighted by atomic mass is 9.95. The molecule has 2 atom stereocenters. The summed E-state index contributed by atoms with van der Waals surface area (Å²) < 4.78 is 0. The summed E-state index contributed by atoms with van der Waals surface area (Å²) in [5.41, 5.74) is 0. The van der Waals surface area contributed by atoms with Crippen molar-refractivity contribution in [3.05, 3.63) is 24.3 Å². The summed E-state index contributed by atoms with van der Waals surface area (Å²) >= 11 is 0. The fraction of sp³-hybridized carbons (Fsp3) is 0.846. The number of carbonyl (C=O) groups excluding carboxylic acids is 2. The third-order valence-corrected chi connectivity index (χ3v) is 8.68. The van der Waals surface area contributed by atoms with Crippen LogP contribution in [0, 0.1) is 0 Å². The predicted molar refractivity (Wildman–Crippen MR) is 187 cm³/mol. The van der Waals surface area contributed by atoms with E-state index in [1.54, 1.807) is 0 Å². The first kappa shape index (κ1) is 42.7. The lowest BCUT2D eigenvalue weighted by Gasteiger charge is -2.21. The summed E-state index contributed by atoms with van der Waals surface area (Å²) in [5.74, 6) is -0.994. The number of hydrogen-bond acceptors (Lipinski definition) is 5. The maximum atomic E-state index is 12.3. The molecule has 0 heterocycles. The minimum atomic E-state index is -1.75. The van der Waals surface area contributed by atoms with E-state index in [9.17, 15) is 24.9 Å².